The first-order valence-electron chi connectivity index (χ1n) is 7.90. The second-order valence-electron chi connectivity index (χ2n) is 6.14. The molecule has 2 atom stereocenters. The van der Waals surface area contributed by atoms with E-state index in [1.807, 2.05) is 0 Å². The molecule has 2 aromatic rings. The molecule has 27 heavy (non-hydrogen) atoms. The third kappa shape index (κ3) is 3.97. The molecule has 3 rings (SSSR count). The third-order valence-electron chi connectivity index (χ3n) is 4.34. The molecule has 148 valence electrons. The maximum atomic E-state index is 12.8. The Bertz CT molecular complexity index is 845. The molecule has 5 nitrogen and oxygen atoms in total. The predicted octanol–water partition coefficient (Wildman–Crippen LogP) is 3.59. The van der Waals surface area contributed by atoms with Crippen LogP contribution in [0.15, 0.2) is 24.3 Å². The fourth-order valence-electron chi connectivity index (χ4n) is 3.20. The molecule has 0 bridgehead atoms. The van der Waals surface area contributed by atoms with E-state index in [4.69, 9.17) is 0 Å². The number of benzene rings is 1. The normalized spacial score (nSPS) is 19.5. The minimum absolute atomic E-state index is 0.00207. The van der Waals surface area contributed by atoms with Crippen LogP contribution in [-0.4, -0.2) is 52.1 Å². The number of nitrogens with zero attached hydrogens (tertiary/aromatic N) is 1. The molecule has 1 saturated heterocycles. The first kappa shape index (κ1) is 19.3. The summed E-state index contributed by atoms with van der Waals surface area (Å²) in [5, 5.41) is 9.45. The molecule has 11 heteroatoms. The average molecular weight is 396 g/mol. The van der Waals surface area contributed by atoms with Crippen molar-refractivity contribution in [2.24, 2.45) is 0 Å². The highest BCUT2D eigenvalue weighted by Gasteiger charge is 2.48. The Morgan fingerprint density at radius 2 is 1.96 bits per heavy atom. The monoisotopic (exact) mass is 396 g/mol. The van der Waals surface area contributed by atoms with Crippen molar-refractivity contribution in [3.8, 4) is 5.75 Å². The molecule has 1 amide bonds. The van der Waals surface area contributed by atoms with Gasteiger partial charge in [0.25, 0.3) is 5.91 Å². The number of H-pyrrole nitrogens is 1. The van der Waals surface area contributed by atoms with Crippen molar-refractivity contribution < 1.29 is 41.0 Å². The predicted molar refractivity (Wildman–Crippen MR) is 81.1 cm³/mol. The molecule has 0 spiro atoms. The number of halogens is 6. The highest BCUT2D eigenvalue weighted by Crippen LogP contribution is 2.34. The Morgan fingerprint density at radius 3 is 2.59 bits per heavy atom. The molecule has 1 aliphatic rings. The lowest BCUT2D eigenvalue weighted by atomic mass is 10.1. The number of nitrogens with one attached hydrogen (secondary N) is 1. The molecule has 1 fully saturated rings. The summed E-state index contributed by atoms with van der Waals surface area (Å²) >= 11 is 0. The number of carbonyl (C=O) groups excluding carboxylic acids is 1. The summed E-state index contributed by atoms with van der Waals surface area (Å²) in [5.74, 6) is -1.38. The van der Waals surface area contributed by atoms with Gasteiger partial charge in [0, 0.05) is 17.4 Å². The van der Waals surface area contributed by atoms with Gasteiger partial charge >= 0.3 is 12.5 Å². The van der Waals surface area contributed by atoms with Gasteiger partial charge in [-0.25, -0.2) is 0 Å². The lowest BCUT2D eigenvalue weighted by Gasteiger charge is -2.29. The van der Waals surface area contributed by atoms with Crippen molar-refractivity contribution in [2.75, 3.05) is 6.54 Å². The zero-order valence-electron chi connectivity index (χ0n) is 13.6. The molecule has 1 aromatic heterocycles. The number of fused-ring (bicyclic) bond motifs is 1. The molecular weight excluding hydrogens is 382 g/mol. The molecule has 1 aromatic carbocycles. The van der Waals surface area contributed by atoms with Crippen LogP contribution in [0.4, 0.5) is 26.3 Å². The van der Waals surface area contributed by atoms with E-state index in [1.165, 1.54) is 12.1 Å². The van der Waals surface area contributed by atoms with Gasteiger partial charge < -0.3 is 19.7 Å². The van der Waals surface area contributed by atoms with Crippen LogP contribution in [0.1, 0.15) is 23.3 Å². The summed E-state index contributed by atoms with van der Waals surface area (Å²) in [5.41, 5.74) is -0.0308. The van der Waals surface area contributed by atoms with Crippen LogP contribution in [0.3, 0.4) is 0 Å². The van der Waals surface area contributed by atoms with E-state index in [-0.39, 0.29) is 36.0 Å². The molecule has 0 saturated carbocycles. The van der Waals surface area contributed by atoms with Crippen LogP contribution < -0.4 is 4.74 Å². The van der Waals surface area contributed by atoms with Crippen molar-refractivity contribution >= 4 is 16.8 Å². The van der Waals surface area contributed by atoms with Crippen LogP contribution in [0.2, 0.25) is 0 Å². The summed E-state index contributed by atoms with van der Waals surface area (Å²) in [4.78, 5) is 16.1. The van der Waals surface area contributed by atoms with Gasteiger partial charge in [0.05, 0.1) is 6.04 Å². The van der Waals surface area contributed by atoms with E-state index in [9.17, 15) is 36.2 Å². The maximum absolute atomic E-state index is 12.8. The summed E-state index contributed by atoms with van der Waals surface area (Å²) in [6.45, 7) is -0.00207. The number of rotatable bonds is 3. The molecule has 2 heterocycles. The fourth-order valence-corrected chi connectivity index (χ4v) is 3.20. The van der Waals surface area contributed by atoms with Crippen LogP contribution >= 0.6 is 0 Å². The quantitative estimate of drug-likeness (QED) is 0.780. The van der Waals surface area contributed by atoms with Crippen LogP contribution in [0.5, 0.6) is 5.75 Å². The Labute approximate surface area is 148 Å². The molecule has 2 N–H and O–H groups in total. The number of amides is 1. The van der Waals surface area contributed by atoms with Gasteiger partial charge in [-0.1, -0.05) is 6.07 Å². The topological polar surface area (TPSA) is 65.6 Å². The second-order valence-corrected chi connectivity index (χ2v) is 6.14. The Morgan fingerprint density at radius 1 is 1.26 bits per heavy atom. The SMILES string of the molecule is O=C(c1cc2c(OC(F)(F)F)cccc2[nH]1)N1CCC[C@H]1[C@@H](O)C(F)(F)F. The fraction of sp³-hybridized carbons (Fsp3) is 0.438. The van der Waals surface area contributed by atoms with E-state index >= 15 is 0 Å². The summed E-state index contributed by atoms with van der Waals surface area (Å²) in [6.07, 6.45) is -12.3. The zero-order valence-corrected chi connectivity index (χ0v) is 13.6. The van der Waals surface area contributed by atoms with Crippen LogP contribution in [-0.2, 0) is 0 Å². The van der Waals surface area contributed by atoms with Gasteiger partial charge in [-0.3, -0.25) is 4.79 Å². The Balaban J connectivity index is 1.91. The van der Waals surface area contributed by atoms with Crippen molar-refractivity contribution in [1.29, 1.82) is 0 Å². The van der Waals surface area contributed by atoms with Gasteiger partial charge in [-0.2, -0.15) is 13.2 Å². The smallest absolute Gasteiger partial charge is 0.405 e. The highest BCUT2D eigenvalue weighted by atomic mass is 19.4. The van der Waals surface area contributed by atoms with E-state index in [2.05, 4.69) is 9.72 Å². The standard InChI is InChI=1S/C16H14F6N2O3/c17-15(18,19)13(25)11-4-2-6-24(11)14(26)10-7-8-9(23-10)3-1-5-12(8)27-16(20,21)22/h1,3,5,7,11,13,23,25H,2,4,6H2/t11-,13+/m0/s1. The van der Waals surface area contributed by atoms with Crippen LogP contribution in [0, 0.1) is 0 Å². The number of carbonyl (C=O) groups is 1. The number of aromatic nitrogens is 1. The number of hydrogen-bond donors (Lipinski definition) is 2. The van der Waals surface area contributed by atoms with Gasteiger partial charge in [0.15, 0.2) is 6.10 Å². The number of aliphatic hydroxyl groups is 1. The van der Waals surface area contributed by atoms with Crippen molar-refractivity contribution in [3.63, 3.8) is 0 Å². The third-order valence-corrected chi connectivity index (χ3v) is 4.34. The zero-order chi connectivity index (χ0) is 20.0. The molecule has 0 aliphatic carbocycles. The van der Waals surface area contributed by atoms with E-state index in [0.717, 1.165) is 17.0 Å². The molecule has 1 aliphatic heterocycles. The first-order chi connectivity index (χ1) is 12.5. The number of likely N-dealkylation sites (tertiary alicyclic amines) is 1. The number of hydrogen-bond acceptors (Lipinski definition) is 3. The van der Waals surface area contributed by atoms with E-state index < -0.39 is 36.3 Å². The number of aliphatic hydroxyl groups excluding tert-OH is 1. The highest BCUT2D eigenvalue weighted by molar-refractivity contribution is 6.00. The number of ether oxygens (including phenoxy) is 1. The van der Waals surface area contributed by atoms with Gasteiger partial charge in [-0.05, 0) is 31.0 Å². The first-order valence-corrected chi connectivity index (χ1v) is 7.90. The van der Waals surface area contributed by atoms with E-state index in [0.29, 0.717) is 0 Å². The largest absolute Gasteiger partial charge is 0.573 e. The summed E-state index contributed by atoms with van der Waals surface area (Å²) in [7, 11) is 0. The average Bonchev–Trinajstić information content (AvgIpc) is 3.18. The molecule has 0 radical (unpaired) electrons. The van der Waals surface area contributed by atoms with E-state index in [1.54, 1.807) is 0 Å². The van der Waals surface area contributed by atoms with Crippen molar-refractivity contribution in [2.45, 2.75) is 37.5 Å². The minimum atomic E-state index is -4.94. The summed E-state index contributed by atoms with van der Waals surface area (Å²) < 4.78 is 79.8. The number of alkyl halides is 6. The number of aromatic amines is 1. The van der Waals surface area contributed by atoms with Crippen molar-refractivity contribution in [1.82, 2.24) is 9.88 Å². The lowest BCUT2D eigenvalue weighted by molar-refractivity contribution is -0.274. The van der Waals surface area contributed by atoms with Gasteiger partial charge in [-0.15, -0.1) is 13.2 Å². The Hall–Kier alpha value is -2.43. The van der Waals surface area contributed by atoms with Crippen molar-refractivity contribution in [3.05, 3.63) is 30.0 Å². The second kappa shape index (κ2) is 6.63. The Kier molecular flexibility index (Phi) is 4.74. The van der Waals surface area contributed by atoms with Crippen LogP contribution in [0.25, 0.3) is 10.9 Å². The molecule has 0 unspecified atom stereocenters. The minimum Gasteiger partial charge on any atom is -0.405 e. The summed E-state index contributed by atoms with van der Waals surface area (Å²) in [6, 6.07) is 3.38. The lowest BCUT2D eigenvalue weighted by Crippen LogP contribution is -2.49. The van der Waals surface area contributed by atoms with Gasteiger partial charge in [0.2, 0.25) is 0 Å². The molecular formula is C16H14F6N2O3. The maximum Gasteiger partial charge on any atom is 0.573 e. The van der Waals surface area contributed by atoms with Gasteiger partial charge in [0.1, 0.15) is 11.4 Å².